The molecule has 6 nitrogen and oxygen atoms in total. The minimum Gasteiger partial charge on any atom is -0.465 e. The van der Waals surface area contributed by atoms with Gasteiger partial charge in [-0.25, -0.2) is 9.78 Å². The number of likely N-dealkylation sites (tertiary alicyclic amines) is 1. The molecule has 0 spiro atoms. The number of amides is 1. The zero-order valence-electron chi connectivity index (χ0n) is 15.9. The average molecular weight is 379 g/mol. The van der Waals surface area contributed by atoms with Gasteiger partial charge in [-0.1, -0.05) is 23.8 Å². The van der Waals surface area contributed by atoms with Crippen molar-refractivity contribution in [3.05, 3.63) is 53.7 Å². The second-order valence-corrected chi connectivity index (χ2v) is 7.30. The highest BCUT2D eigenvalue weighted by Crippen LogP contribution is 2.26. The number of rotatable bonds is 4. The number of aromatic nitrogens is 1. The number of piperidine rings is 1. The lowest BCUT2D eigenvalue weighted by Crippen LogP contribution is -2.35. The molecule has 1 N–H and O–H groups in total. The molecular formula is C22H25N3O3. The molecule has 0 bridgehead atoms. The zero-order valence-corrected chi connectivity index (χ0v) is 15.9. The largest absolute Gasteiger partial charge is 0.465 e. The monoisotopic (exact) mass is 379 g/mol. The molecule has 0 atom stereocenters. The summed E-state index contributed by atoms with van der Waals surface area (Å²) in [5.41, 5.74) is 3.48. The summed E-state index contributed by atoms with van der Waals surface area (Å²) in [5.74, 6) is 1.33. The molecule has 1 amide bonds. The summed E-state index contributed by atoms with van der Waals surface area (Å²) in [5, 5.41) is 9.05. The Morgan fingerprint density at radius 3 is 2.54 bits per heavy atom. The molecule has 0 saturated carbocycles. The first-order valence-corrected chi connectivity index (χ1v) is 9.84. The van der Waals surface area contributed by atoms with E-state index < -0.39 is 6.09 Å². The fourth-order valence-corrected chi connectivity index (χ4v) is 3.75. The normalized spacial score (nSPS) is 16.9. The fraction of sp³-hybridized carbons (Fsp3) is 0.364. The number of anilines is 1. The van der Waals surface area contributed by atoms with Crippen LogP contribution in [0.2, 0.25) is 0 Å². The second-order valence-electron chi connectivity index (χ2n) is 7.30. The van der Waals surface area contributed by atoms with Crippen LogP contribution in [0.4, 0.5) is 10.5 Å². The van der Waals surface area contributed by atoms with Crippen molar-refractivity contribution in [2.24, 2.45) is 0 Å². The minimum absolute atomic E-state index is 0.560. The smallest absolute Gasteiger partial charge is 0.407 e. The van der Waals surface area contributed by atoms with E-state index in [9.17, 15) is 4.79 Å². The van der Waals surface area contributed by atoms with Crippen molar-refractivity contribution >= 4 is 17.9 Å². The van der Waals surface area contributed by atoms with E-state index in [-0.39, 0.29) is 0 Å². The molecular weight excluding hydrogens is 354 g/mol. The van der Waals surface area contributed by atoms with Crippen LogP contribution in [0, 0.1) is 0 Å². The Labute approximate surface area is 165 Å². The Morgan fingerprint density at radius 1 is 1.07 bits per heavy atom. The number of pyridine rings is 1. The number of hydrogen-bond donors (Lipinski definition) is 1. The molecule has 2 aliphatic rings. The standard InChI is InChI=1S/C22H25N3O3/c26-22(27)25-12-8-17(9-13-25)14-18-4-3-5-20(15-18)28-21-7-6-19(16-23-21)24-10-1-2-11-24/h3-7,14-16H,1-2,8-13H2,(H,26,27). The van der Waals surface area contributed by atoms with Crippen LogP contribution in [0.25, 0.3) is 6.08 Å². The Kier molecular flexibility index (Phi) is 5.46. The van der Waals surface area contributed by atoms with Gasteiger partial charge in [0.15, 0.2) is 0 Å². The molecule has 1 aromatic heterocycles. The van der Waals surface area contributed by atoms with Crippen LogP contribution in [0.15, 0.2) is 48.2 Å². The van der Waals surface area contributed by atoms with Gasteiger partial charge in [0.05, 0.1) is 11.9 Å². The predicted octanol–water partition coefficient (Wildman–Crippen LogP) is 4.63. The highest BCUT2D eigenvalue weighted by molar-refractivity contribution is 5.65. The van der Waals surface area contributed by atoms with Crippen LogP contribution < -0.4 is 9.64 Å². The van der Waals surface area contributed by atoms with E-state index in [2.05, 4.69) is 22.0 Å². The molecule has 0 unspecified atom stereocenters. The number of carbonyl (C=O) groups is 1. The maximum absolute atomic E-state index is 11.0. The van der Waals surface area contributed by atoms with Crippen molar-refractivity contribution in [1.29, 1.82) is 0 Å². The van der Waals surface area contributed by atoms with E-state index in [4.69, 9.17) is 9.84 Å². The second kappa shape index (κ2) is 8.33. The first-order valence-electron chi connectivity index (χ1n) is 9.84. The van der Waals surface area contributed by atoms with Crippen LogP contribution >= 0.6 is 0 Å². The van der Waals surface area contributed by atoms with Gasteiger partial charge in [-0.3, -0.25) is 0 Å². The summed E-state index contributed by atoms with van der Waals surface area (Å²) in [7, 11) is 0. The Bertz CT molecular complexity index is 848. The van der Waals surface area contributed by atoms with Crippen LogP contribution in [-0.4, -0.2) is 47.3 Å². The van der Waals surface area contributed by atoms with Gasteiger partial charge in [0.25, 0.3) is 0 Å². The molecule has 0 radical (unpaired) electrons. The summed E-state index contributed by atoms with van der Waals surface area (Å²) >= 11 is 0. The Hall–Kier alpha value is -3.02. The summed E-state index contributed by atoms with van der Waals surface area (Å²) < 4.78 is 5.93. The van der Waals surface area contributed by atoms with E-state index in [1.54, 1.807) is 0 Å². The van der Waals surface area contributed by atoms with E-state index in [0.29, 0.717) is 19.0 Å². The Balaban J connectivity index is 1.40. The third-order valence-electron chi connectivity index (χ3n) is 5.32. The van der Waals surface area contributed by atoms with Gasteiger partial charge in [0.2, 0.25) is 5.88 Å². The van der Waals surface area contributed by atoms with Crippen molar-refractivity contribution in [3.63, 3.8) is 0 Å². The summed E-state index contributed by atoms with van der Waals surface area (Å²) in [4.78, 5) is 19.3. The molecule has 2 saturated heterocycles. The number of benzene rings is 1. The lowest BCUT2D eigenvalue weighted by Gasteiger charge is -2.25. The van der Waals surface area contributed by atoms with E-state index >= 15 is 0 Å². The highest BCUT2D eigenvalue weighted by Gasteiger charge is 2.17. The summed E-state index contributed by atoms with van der Waals surface area (Å²) in [6.07, 6.45) is 7.22. The number of nitrogens with zero attached hydrogens (tertiary/aromatic N) is 3. The molecule has 6 heteroatoms. The first kappa shape index (κ1) is 18.3. The topological polar surface area (TPSA) is 65.9 Å². The van der Waals surface area contributed by atoms with Crippen molar-refractivity contribution in [2.45, 2.75) is 25.7 Å². The summed E-state index contributed by atoms with van der Waals surface area (Å²) in [6.45, 7) is 3.32. The van der Waals surface area contributed by atoms with Gasteiger partial charge in [-0.15, -0.1) is 0 Å². The molecule has 146 valence electrons. The summed E-state index contributed by atoms with van der Waals surface area (Å²) in [6, 6.07) is 11.9. The third kappa shape index (κ3) is 4.44. The van der Waals surface area contributed by atoms with Crippen molar-refractivity contribution in [1.82, 2.24) is 9.88 Å². The van der Waals surface area contributed by atoms with Crippen LogP contribution in [0.1, 0.15) is 31.2 Å². The van der Waals surface area contributed by atoms with Gasteiger partial charge in [-0.05, 0) is 49.4 Å². The molecule has 2 aliphatic heterocycles. The van der Waals surface area contributed by atoms with Gasteiger partial charge in [0.1, 0.15) is 5.75 Å². The minimum atomic E-state index is -0.835. The first-order chi connectivity index (χ1) is 13.7. The highest BCUT2D eigenvalue weighted by atomic mass is 16.5. The number of hydrogen-bond acceptors (Lipinski definition) is 4. The third-order valence-corrected chi connectivity index (χ3v) is 5.32. The molecule has 28 heavy (non-hydrogen) atoms. The van der Waals surface area contributed by atoms with Crippen molar-refractivity contribution < 1.29 is 14.6 Å². The Morgan fingerprint density at radius 2 is 1.86 bits per heavy atom. The van der Waals surface area contributed by atoms with E-state index in [1.807, 2.05) is 36.5 Å². The van der Waals surface area contributed by atoms with Crippen LogP contribution in [0.3, 0.4) is 0 Å². The molecule has 2 aromatic rings. The number of ether oxygens (including phenoxy) is 1. The molecule has 2 fully saturated rings. The van der Waals surface area contributed by atoms with E-state index in [0.717, 1.165) is 42.9 Å². The fourth-order valence-electron chi connectivity index (χ4n) is 3.75. The maximum atomic E-state index is 11.0. The van der Waals surface area contributed by atoms with Crippen molar-refractivity contribution in [2.75, 3.05) is 31.1 Å². The molecule has 0 aliphatic carbocycles. The van der Waals surface area contributed by atoms with Gasteiger partial charge < -0.3 is 19.6 Å². The van der Waals surface area contributed by atoms with Crippen LogP contribution in [-0.2, 0) is 0 Å². The van der Waals surface area contributed by atoms with Crippen LogP contribution in [0.5, 0.6) is 11.6 Å². The van der Waals surface area contributed by atoms with E-state index in [1.165, 1.54) is 23.3 Å². The zero-order chi connectivity index (χ0) is 19.3. The van der Waals surface area contributed by atoms with Gasteiger partial charge in [-0.2, -0.15) is 0 Å². The number of carboxylic acid groups (broad SMARTS) is 1. The predicted molar refractivity (Wildman–Crippen MR) is 109 cm³/mol. The molecule has 4 rings (SSSR count). The molecule has 3 heterocycles. The maximum Gasteiger partial charge on any atom is 0.407 e. The quantitative estimate of drug-likeness (QED) is 0.839. The average Bonchev–Trinajstić information content (AvgIpc) is 3.24. The lowest BCUT2D eigenvalue weighted by molar-refractivity contribution is 0.142. The SMILES string of the molecule is O=C(O)N1CCC(=Cc2cccc(Oc3ccc(N4CCCC4)cn3)c2)CC1. The van der Waals surface area contributed by atoms with Gasteiger partial charge >= 0.3 is 6.09 Å². The molecule has 1 aromatic carbocycles. The van der Waals surface area contributed by atoms with Crippen molar-refractivity contribution in [3.8, 4) is 11.6 Å². The lowest BCUT2D eigenvalue weighted by atomic mass is 10.0. The van der Waals surface area contributed by atoms with Gasteiger partial charge in [0, 0.05) is 32.2 Å².